The lowest BCUT2D eigenvalue weighted by molar-refractivity contribution is 0.219. The molecule has 0 spiro atoms. The molecule has 110 valence electrons. The van der Waals surface area contributed by atoms with Crippen molar-refractivity contribution in [3.8, 4) is 0 Å². The minimum absolute atomic E-state index is 0.553. The minimum atomic E-state index is 0.553. The van der Waals surface area contributed by atoms with E-state index in [1.54, 1.807) is 0 Å². The van der Waals surface area contributed by atoms with Gasteiger partial charge in [0.25, 0.3) is 0 Å². The third-order valence-corrected chi connectivity index (χ3v) is 4.54. The predicted molar refractivity (Wildman–Crippen MR) is 85.1 cm³/mol. The Morgan fingerprint density at radius 3 is 2.65 bits per heavy atom. The summed E-state index contributed by atoms with van der Waals surface area (Å²) >= 11 is 3.50. The first kappa shape index (κ1) is 14.3. The van der Waals surface area contributed by atoms with Crippen LogP contribution in [0.25, 0.3) is 0 Å². The molecular formula is C15H23BrN4. The molecule has 0 unspecified atom stereocenters. The van der Waals surface area contributed by atoms with E-state index in [-0.39, 0.29) is 0 Å². The molecule has 20 heavy (non-hydrogen) atoms. The first-order valence-corrected chi connectivity index (χ1v) is 8.57. The number of halogens is 1. The number of hydrogen-bond donors (Lipinski definition) is 1. The number of nitrogens with one attached hydrogen (secondary N) is 1. The van der Waals surface area contributed by atoms with Crippen LogP contribution in [0.15, 0.2) is 10.7 Å². The molecule has 0 atom stereocenters. The molecule has 1 aromatic rings. The summed E-state index contributed by atoms with van der Waals surface area (Å²) in [5.41, 5.74) is 0. The number of piperidine rings is 1. The van der Waals surface area contributed by atoms with Gasteiger partial charge in [-0.05, 0) is 54.6 Å². The largest absolute Gasteiger partial charge is 0.367 e. The molecule has 1 saturated carbocycles. The van der Waals surface area contributed by atoms with Crippen LogP contribution in [0.2, 0.25) is 0 Å². The van der Waals surface area contributed by atoms with E-state index < -0.39 is 0 Å². The van der Waals surface area contributed by atoms with Crippen LogP contribution in [0.3, 0.4) is 0 Å². The zero-order valence-electron chi connectivity index (χ0n) is 12.1. The van der Waals surface area contributed by atoms with E-state index in [0.717, 1.165) is 16.2 Å². The van der Waals surface area contributed by atoms with Gasteiger partial charge >= 0.3 is 0 Å². The number of nitrogens with zero attached hydrogens (tertiary/aromatic N) is 3. The van der Waals surface area contributed by atoms with Crippen molar-refractivity contribution in [1.82, 2.24) is 14.9 Å². The second kappa shape index (κ2) is 6.39. The Balaban J connectivity index is 1.58. The van der Waals surface area contributed by atoms with Crippen LogP contribution in [0, 0.1) is 0 Å². The van der Waals surface area contributed by atoms with Crippen molar-refractivity contribution < 1.29 is 0 Å². The highest BCUT2D eigenvalue weighted by Gasteiger charge is 2.27. The topological polar surface area (TPSA) is 41.0 Å². The Kier molecular flexibility index (Phi) is 4.56. The van der Waals surface area contributed by atoms with Gasteiger partial charge in [-0.15, -0.1) is 0 Å². The quantitative estimate of drug-likeness (QED) is 0.835. The zero-order chi connectivity index (χ0) is 13.9. The molecule has 1 saturated heterocycles. The van der Waals surface area contributed by atoms with Crippen LogP contribution in [0.1, 0.15) is 50.8 Å². The average molecular weight is 339 g/mol. The van der Waals surface area contributed by atoms with Gasteiger partial charge in [0.15, 0.2) is 0 Å². The van der Waals surface area contributed by atoms with E-state index in [0.29, 0.717) is 12.0 Å². The van der Waals surface area contributed by atoms with Crippen LogP contribution in [-0.2, 0) is 0 Å². The monoisotopic (exact) mass is 338 g/mol. The molecule has 5 heteroatoms. The molecule has 1 aliphatic heterocycles. The zero-order valence-corrected chi connectivity index (χ0v) is 13.7. The summed E-state index contributed by atoms with van der Waals surface area (Å²) in [6, 6.07) is 2.56. The number of hydrogen-bond acceptors (Lipinski definition) is 4. The Hall–Kier alpha value is -0.680. The SMILES string of the molecule is CCCN1CCC(Nc2cc(Br)nc(C3CC3)n2)CC1. The van der Waals surface area contributed by atoms with E-state index in [1.807, 2.05) is 6.07 Å². The van der Waals surface area contributed by atoms with E-state index in [4.69, 9.17) is 0 Å². The number of rotatable bonds is 5. The highest BCUT2D eigenvalue weighted by atomic mass is 79.9. The van der Waals surface area contributed by atoms with Crippen molar-refractivity contribution in [2.75, 3.05) is 25.0 Å². The minimum Gasteiger partial charge on any atom is -0.367 e. The number of aromatic nitrogens is 2. The second-order valence-corrected chi connectivity index (χ2v) is 6.78. The van der Waals surface area contributed by atoms with Crippen LogP contribution >= 0.6 is 15.9 Å². The van der Waals surface area contributed by atoms with Crippen molar-refractivity contribution in [1.29, 1.82) is 0 Å². The molecule has 0 aromatic carbocycles. The Labute approximate surface area is 129 Å². The van der Waals surface area contributed by atoms with Gasteiger partial charge < -0.3 is 10.2 Å². The summed E-state index contributed by atoms with van der Waals surface area (Å²) in [4.78, 5) is 11.7. The highest BCUT2D eigenvalue weighted by Crippen LogP contribution is 2.38. The maximum absolute atomic E-state index is 4.68. The molecule has 2 heterocycles. The summed E-state index contributed by atoms with van der Waals surface area (Å²) in [7, 11) is 0. The van der Waals surface area contributed by atoms with Crippen LogP contribution in [-0.4, -0.2) is 40.5 Å². The van der Waals surface area contributed by atoms with E-state index in [9.17, 15) is 0 Å². The summed E-state index contributed by atoms with van der Waals surface area (Å²) in [5.74, 6) is 2.59. The van der Waals surface area contributed by atoms with E-state index >= 15 is 0 Å². The predicted octanol–water partition coefficient (Wildman–Crippen LogP) is 3.40. The molecule has 3 rings (SSSR count). The number of anilines is 1. The molecule has 2 aliphatic rings. The third-order valence-electron chi connectivity index (χ3n) is 4.13. The van der Waals surface area contributed by atoms with E-state index in [2.05, 4.69) is 43.0 Å². The molecule has 4 nitrogen and oxygen atoms in total. The van der Waals surface area contributed by atoms with Gasteiger partial charge in [0, 0.05) is 31.1 Å². The first-order valence-electron chi connectivity index (χ1n) is 7.78. The van der Waals surface area contributed by atoms with E-state index in [1.165, 1.54) is 51.7 Å². The summed E-state index contributed by atoms with van der Waals surface area (Å²) < 4.78 is 0.903. The summed E-state index contributed by atoms with van der Waals surface area (Å²) in [6.45, 7) is 5.89. The molecule has 1 aromatic heterocycles. The molecule has 2 fully saturated rings. The van der Waals surface area contributed by atoms with Crippen molar-refractivity contribution in [3.05, 3.63) is 16.5 Å². The fourth-order valence-corrected chi connectivity index (χ4v) is 3.26. The summed E-state index contributed by atoms with van der Waals surface area (Å²) in [5, 5.41) is 3.60. The lowest BCUT2D eigenvalue weighted by Gasteiger charge is -2.32. The molecular weight excluding hydrogens is 316 g/mol. The Morgan fingerprint density at radius 2 is 2.00 bits per heavy atom. The summed E-state index contributed by atoms with van der Waals surface area (Å²) in [6.07, 6.45) is 6.15. The van der Waals surface area contributed by atoms with Gasteiger partial charge in [-0.2, -0.15) is 0 Å². The van der Waals surface area contributed by atoms with Crippen LogP contribution in [0.4, 0.5) is 5.82 Å². The number of likely N-dealkylation sites (tertiary alicyclic amines) is 1. The van der Waals surface area contributed by atoms with Gasteiger partial charge in [0.1, 0.15) is 16.2 Å². The first-order chi connectivity index (χ1) is 9.74. The fourth-order valence-electron chi connectivity index (χ4n) is 2.86. The van der Waals surface area contributed by atoms with Crippen molar-refractivity contribution >= 4 is 21.7 Å². The second-order valence-electron chi connectivity index (χ2n) is 5.97. The average Bonchev–Trinajstić information content (AvgIpc) is 3.25. The normalized spacial score (nSPS) is 21.1. The van der Waals surface area contributed by atoms with Gasteiger partial charge in [-0.3, -0.25) is 0 Å². The van der Waals surface area contributed by atoms with Gasteiger partial charge in [-0.25, -0.2) is 9.97 Å². The van der Waals surface area contributed by atoms with Crippen molar-refractivity contribution in [2.24, 2.45) is 0 Å². The molecule has 0 radical (unpaired) electrons. The van der Waals surface area contributed by atoms with Crippen LogP contribution < -0.4 is 5.32 Å². The van der Waals surface area contributed by atoms with Gasteiger partial charge in [0.2, 0.25) is 0 Å². The third kappa shape index (κ3) is 3.70. The lowest BCUT2D eigenvalue weighted by Crippen LogP contribution is -2.39. The lowest BCUT2D eigenvalue weighted by atomic mass is 10.0. The smallest absolute Gasteiger partial charge is 0.135 e. The molecule has 1 aliphatic carbocycles. The van der Waals surface area contributed by atoms with Crippen molar-refractivity contribution in [3.63, 3.8) is 0 Å². The molecule has 0 bridgehead atoms. The maximum atomic E-state index is 4.68. The molecule has 1 N–H and O–H groups in total. The fraction of sp³-hybridized carbons (Fsp3) is 0.733. The standard InChI is InChI=1S/C15H23BrN4/c1-2-7-20-8-5-12(6-9-20)17-14-10-13(16)18-15(19-14)11-3-4-11/h10-12H,2-9H2,1H3,(H,17,18,19). The van der Waals surface area contributed by atoms with Crippen molar-refractivity contribution in [2.45, 2.75) is 51.0 Å². The highest BCUT2D eigenvalue weighted by molar-refractivity contribution is 9.10. The van der Waals surface area contributed by atoms with Gasteiger partial charge in [-0.1, -0.05) is 6.92 Å². The maximum Gasteiger partial charge on any atom is 0.135 e. The Bertz CT molecular complexity index is 453. The molecule has 0 amide bonds. The Morgan fingerprint density at radius 1 is 1.25 bits per heavy atom. The van der Waals surface area contributed by atoms with Gasteiger partial charge in [0.05, 0.1) is 0 Å². The van der Waals surface area contributed by atoms with Crippen LogP contribution in [0.5, 0.6) is 0 Å².